The van der Waals surface area contributed by atoms with Gasteiger partial charge in [-0.05, 0) is 18.8 Å². The number of aliphatic imine (C=N–C) groups is 1. The highest BCUT2D eigenvalue weighted by atomic mass is 16.5. The SMILES string of the molecule is CC(C)CCCOC(=O)C=CN=C=O. The fraction of sp³-hybridized carbons (Fsp3) is 0.600. The van der Waals surface area contributed by atoms with Gasteiger partial charge in [-0.15, -0.1) is 0 Å². The average Bonchev–Trinajstić information content (AvgIpc) is 2.13. The van der Waals surface area contributed by atoms with Crippen molar-refractivity contribution < 1.29 is 14.3 Å². The summed E-state index contributed by atoms with van der Waals surface area (Å²) < 4.78 is 4.82. The molecule has 4 heteroatoms. The molecule has 0 rings (SSSR count). The van der Waals surface area contributed by atoms with Gasteiger partial charge in [0.25, 0.3) is 0 Å². The summed E-state index contributed by atoms with van der Waals surface area (Å²) in [5.74, 6) is 0.136. The zero-order valence-corrected chi connectivity index (χ0v) is 8.53. The first kappa shape index (κ1) is 12.6. The van der Waals surface area contributed by atoms with Crippen molar-refractivity contribution >= 4 is 12.0 Å². The highest BCUT2D eigenvalue weighted by Gasteiger charge is 1.97. The molecule has 0 bridgehead atoms. The monoisotopic (exact) mass is 197 g/mol. The van der Waals surface area contributed by atoms with Crippen LogP contribution in [0, 0.1) is 5.92 Å². The Bertz CT molecular complexity index is 240. The molecule has 0 unspecified atom stereocenters. The van der Waals surface area contributed by atoms with Crippen LogP contribution in [0.25, 0.3) is 0 Å². The molecule has 0 aromatic carbocycles. The molecular weight excluding hydrogens is 182 g/mol. The maximum Gasteiger partial charge on any atom is 0.332 e. The number of isocyanates is 1. The van der Waals surface area contributed by atoms with Gasteiger partial charge in [0.1, 0.15) is 0 Å². The Morgan fingerprint density at radius 3 is 2.86 bits per heavy atom. The van der Waals surface area contributed by atoms with E-state index in [1.807, 2.05) is 0 Å². The van der Waals surface area contributed by atoms with Gasteiger partial charge in [-0.2, -0.15) is 4.99 Å². The predicted octanol–water partition coefficient (Wildman–Crippen LogP) is 1.82. The molecule has 0 amide bonds. The van der Waals surface area contributed by atoms with Gasteiger partial charge in [0.15, 0.2) is 0 Å². The van der Waals surface area contributed by atoms with Crippen molar-refractivity contribution in [3.05, 3.63) is 12.3 Å². The van der Waals surface area contributed by atoms with Crippen LogP contribution in [0.3, 0.4) is 0 Å². The molecule has 0 spiro atoms. The van der Waals surface area contributed by atoms with Crippen LogP contribution in [0.5, 0.6) is 0 Å². The van der Waals surface area contributed by atoms with Crippen LogP contribution < -0.4 is 0 Å². The van der Waals surface area contributed by atoms with E-state index in [0.29, 0.717) is 12.5 Å². The third-order valence-electron chi connectivity index (χ3n) is 1.51. The summed E-state index contributed by atoms with van der Waals surface area (Å²) in [6.45, 7) is 4.63. The molecule has 0 heterocycles. The lowest BCUT2D eigenvalue weighted by Gasteiger charge is -2.03. The van der Waals surface area contributed by atoms with Crippen molar-refractivity contribution in [3.63, 3.8) is 0 Å². The Labute approximate surface area is 83.7 Å². The van der Waals surface area contributed by atoms with Crippen LogP contribution in [0.15, 0.2) is 17.3 Å². The molecule has 0 aromatic heterocycles. The molecule has 0 saturated carbocycles. The van der Waals surface area contributed by atoms with E-state index in [1.54, 1.807) is 0 Å². The smallest absolute Gasteiger partial charge is 0.332 e. The molecular formula is C10H15NO3. The van der Waals surface area contributed by atoms with Gasteiger partial charge in [-0.25, -0.2) is 9.59 Å². The summed E-state index contributed by atoms with van der Waals surface area (Å²) in [6.07, 6.45) is 5.34. The van der Waals surface area contributed by atoms with Gasteiger partial charge in [-0.3, -0.25) is 0 Å². The van der Waals surface area contributed by atoms with E-state index in [2.05, 4.69) is 18.8 Å². The minimum atomic E-state index is -0.479. The maximum absolute atomic E-state index is 10.9. The Balaban J connectivity index is 3.49. The molecule has 0 fully saturated rings. The lowest BCUT2D eigenvalue weighted by Crippen LogP contribution is -2.03. The van der Waals surface area contributed by atoms with Crippen LogP contribution in [0.2, 0.25) is 0 Å². The van der Waals surface area contributed by atoms with Crippen molar-refractivity contribution in [1.82, 2.24) is 0 Å². The average molecular weight is 197 g/mol. The lowest BCUT2D eigenvalue weighted by atomic mass is 10.1. The van der Waals surface area contributed by atoms with Crippen molar-refractivity contribution in [2.24, 2.45) is 10.9 Å². The number of hydrogen-bond donors (Lipinski definition) is 0. The zero-order valence-electron chi connectivity index (χ0n) is 8.53. The van der Waals surface area contributed by atoms with Crippen molar-refractivity contribution in [2.75, 3.05) is 6.61 Å². The first-order chi connectivity index (χ1) is 6.66. The number of esters is 1. The minimum absolute atomic E-state index is 0.409. The summed E-state index contributed by atoms with van der Waals surface area (Å²) >= 11 is 0. The molecule has 0 aromatic rings. The predicted molar refractivity (Wildman–Crippen MR) is 52.3 cm³/mol. The van der Waals surface area contributed by atoms with Crippen LogP contribution in [-0.4, -0.2) is 18.7 Å². The Kier molecular flexibility index (Phi) is 7.37. The largest absolute Gasteiger partial charge is 0.462 e. The van der Waals surface area contributed by atoms with Gasteiger partial charge in [0.2, 0.25) is 6.08 Å². The second kappa shape index (κ2) is 8.20. The first-order valence-electron chi connectivity index (χ1n) is 4.57. The van der Waals surface area contributed by atoms with Crippen LogP contribution >= 0.6 is 0 Å². The molecule has 0 atom stereocenters. The standard InChI is InChI=1S/C10H15NO3/c1-9(2)4-3-7-14-10(13)5-6-11-8-12/h5-6,9H,3-4,7H2,1-2H3. The first-order valence-corrected chi connectivity index (χ1v) is 4.57. The summed E-state index contributed by atoms with van der Waals surface area (Å²) in [5, 5.41) is 0. The third-order valence-corrected chi connectivity index (χ3v) is 1.51. The molecule has 0 saturated heterocycles. The van der Waals surface area contributed by atoms with E-state index in [-0.39, 0.29) is 0 Å². The van der Waals surface area contributed by atoms with Crippen LogP contribution in [0.4, 0.5) is 0 Å². The summed E-state index contributed by atoms with van der Waals surface area (Å²) in [4.78, 5) is 23.6. The van der Waals surface area contributed by atoms with E-state index >= 15 is 0 Å². The lowest BCUT2D eigenvalue weighted by molar-refractivity contribution is -0.137. The van der Waals surface area contributed by atoms with E-state index in [1.165, 1.54) is 6.08 Å². The number of hydrogen-bond acceptors (Lipinski definition) is 4. The third kappa shape index (κ3) is 8.68. The van der Waals surface area contributed by atoms with Gasteiger partial charge in [-0.1, -0.05) is 13.8 Å². The summed E-state index contributed by atoms with van der Waals surface area (Å²) in [7, 11) is 0. The Morgan fingerprint density at radius 2 is 2.29 bits per heavy atom. The number of nitrogens with zero attached hydrogens (tertiary/aromatic N) is 1. The minimum Gasteiger partial charge on any atom is -0.462 e. The topological polar surface area (TPSA) is 55.7 Å². The fourth-order valence-electron chi connectivity index (χ4n) is 0.841. The number of ether oxygens (including phenoxy) is 1. The number of carbonyl (C=O) groups excluding carboxylic acids is 2. The second-order valence-electron chi connectivity index (χ2n) is 3.24. The van der Waals surface area contributed by atoms with Gasteiger partial charge >= 0.3 is 5.97 Å². The Morgan fingerprint density at radius 1 is 1.57 bits per heavy atom. The fourth-order valence-corrected chi connectivity index (χ4v) is 0.841. The van der Waals surface area contributed by atoms with Gasteiger partial charge in [0, 0.05) is 12.3 Å². The summed E-state index contributed by atoms with van der Waals surface area (Å²) in [5.41, 5.74) is 0. The molecule has 0 radical (unpaired) electrons. The van der Waals surface area contributed by atoms with E-state index in [0.717, 1.165) is 25.1 Å². The zero-order chi connectivity index (χ0) is 10.8. The molecule has 0 N–H and O–H groups in total. The molecule has 4 nitrogen and oxygen atoms in total. The Hall–Kier alpha value is -1.41. The highest BCUT2D eigenvalue weighted by molar-refractivity contribution is 5.81. The van der Waals surface area contributed by atoms with Crippen LogP contribution in [-0.2, 0) is 14.3 Å². The van der Waals surface area contributed by atoms with E-state index in [4.69, 9.17) is 4.74 Å². The van der Waals surface area contributed by atoms with E-state index in [9.17, 15) is 9.59 Å². The summed E-state index contributed by atoms with van der Waals surface area (Å²) in [6, 6.07) is 0. The molecule has 0 aliphatic heterocycles. The maximum atomic E-state index is 10.9. The van der Waals surface area contributed by atoms with Crippen LogP contribution in [0.1, 0.15) is 26.7 Å². The van der Waals surface area contributed by atoms with Gasteiger partial charge < -0.3 is 4.74 Å². The van der Waals surface area contributed by atoms with Crippen molar-refractivity contribution in [2.45, 2.75) is 26.7 Å². The second-order valence-corrected chi connectivity index (χ2v) is 3.24. The molecule has 78 valence electrons. The quantitative estimate of drug-likeness (QED) is 0.214. The van der Waals surface area contributed by atoms with Gasteiger partial charge in [0.05, 0.1) is 6.61 Å². The molecule has 0 aliphatic carbocycles. The normalized spacial score (nSPS) is 10.2. The number of carbonyl (C=O) groups is 1. The van der Waals surface area contributed by atoms with E-state index < -0.39 is 5.97 Å². The number of rotatable bonds is 6. The molecule has 14 heavy (non-hydrogen) atoms. The molecule has 0 aliphatic rings. The highest BCUT2D eigenvalue weighted by Crippen LogP contribution is 2.03. The van der Waals surface area contributed by atoms with Crippen molar-refractivity contribution in [3.8, 4) is 0 Å². The van der Waals surface area contributed by atoms with Crippen molar-refractivity contribution in [1.29, 1.82) is 0 Å².